The summed E-state index contributed by atoms with van der Waals surface area (Å²) in [5.41, 5.74) is 108. The third kappa shape index (κ3) is 14.2. The van der Waals surface area contributed by atoms with Gasteiger partial charge in [-0.15, -0.1) is 0 Å². The van der Waals surface area contributed by atoms with Crippen LogP contribution in [0.25, 0.3) is 66.8 Å². The molecule has 18 rings (SSSR count). The Labute approximate surface area is 842 Å². The molecule has 0 spiro atoms. The Hall–Kier alpha value is -9.36. The monoisotopic (exact) mass is 1840 g/mol. The molecule has 12 aromatic rings. The summed E-state index contributed by atoms with van der Waals surface area (Å²) in [5.74, 6) is 0. The van der Waals surface area contributed by atoms with Gasteiger partial charge in [0, 0.05) is 32.5 Å². The van der Waals surface area contributed by atoms with Crippen molar-refractivity contribution in [3.05, 3.63) is 334 Å². The SMILES string of the molecule is Cc1c(C)c(C)c2c(c1C)-c1c(C)c(C)c(C)c(C)c1C2(C)C.Cc1c(C)c(C)c2c(c1C)-c1c(C)c(C)c(C)c(C)c1C2(C)C.Cc1c(C)c(C)c2c(c1C)-c1c(C)c(C)c(C)c(C)c1C2(C)C.Cc1c(C)c(C)c2c(c1C)-c1c(C)c(C)c(C)c(C)c1C2(C)C.Cc1c(C)c(C)c2c(c1C)-c1c(C)c(C)c(C)c(C)c1C2(C)C.Cc1c(C)c(C)c2c(c1C)-c1c(C)c(C)c(C)c(C)c1C2(C)C. The number of hydrogen-bond acceptors (Lipinski definition) is 0. The Balaban J connectivity index is 0.000000140. The van der Waals surface area contributed by atoms with Crippen LogP contribution in [0.3, 0.4) is 0 Å². The first kappa shape index (κ1) is 106. The largest absolute Gasteiger partial charge is 0.0516 e. The molecule has 6 aliphatic rings. The van der Waals surface area contributed by atoms with Crippen LogP contribution in [0.5, 0.6) is 0 Å². The van der Waals surface area contributed by atoms with Gasteiger partial charge < -0.3 is 0 Å². The minimum atomic E-state index is 0.0886. The van der Waals surface area contributed by atoms with Gasteiger partial charge in [0.2, 0.25) is 0 Å². The van der Waals surface area contributed by atoms with E-state index in [-0.39, 0.29) is 32.5 Å². The van der Waals surface area contributed by atoms with Crippen LogP contribution in [0.1, 0.15) is 417 Å². The van der Waals surface area contributed by atoms with Crippen LogP contribution in [-0.4, -0.2) is 0 Å². The van der Waals surface area contributed by atoms with Crippen molar-refractivity contribution in [1.82, 2.24) is 0 Å². The summed E-state index contributed by atoms with van der Waals surface area (Å²) in [5, 5.41) is 0. The third-order valence-corrected chi connectivity index (χ3v) is 41.2. The van der Waals surface area contributed by atoms with Crippen LogP contribution in [0.4, 0.5) is 0 Å². The predicted octanol–water partition coefficient (Wildman–Crippen LogP) is 38.8. The molecule has 732 valence electrons. The van der Waals surface area contributed by atoms with Gasteiger partial charge >= 0.3 is 0 Å². The number of benzene rings is 12. The van der Waals surface area contributed by atoms with Gasteiger partial charge in [0.1, 0.15) is 0 Å². The van der Waals surface area contributed by atoms with E-state index >= 15 is 0 Å². The molecule has 0 aliphatic heterocycles. The first-order chi connectivity index (χ1) is 63.2. The van der Waals surface area contributed by atoms with E-state index in [0.29, 0.717) is 0 Å². The number of rotatable bonds is 0. The van der Waals surface area contributed by atoms with Crippen molar-refractivity contribution in [2.24, 2.45) is 0 Å². The lowest BCUT2D eigenvalue weighted by molar-refractivity contribution is 0.648. The molecule has 12 aromatic carbocycles. The van der Waals surface area contributed by atoms with Crippen LogP contribution < -0.4 is 0 Å². The van der Waals surface area contributed by atoms with E-state index in [1.165, 1.54) is 334 Å². The zero-order valence-electron chi connectivity index (χ0n) is 99.0. The molecule has 0 N–H and O–H groups in total. The van der Waals surface area contributed by atoms with Crippen LogP contribution in [0.15, 0.2) is 0 Å². The molecule has 0 radical (unpaired) electrons. The van der Waals surface area contributed by atoms with Gasteiger partial charge in [0.15, 0.2) is 0 Å². The molecule has 0 aromatic heterocycles. The van der Waals surface area contributed by atoms with Gasteiger partial charge in [-0.25, -0.2) is 0 Å². The summed E-state index contributed by atoms with van der Waals surface area (Å²) in [4.78, 5) is 0. The predicted molar refractivity (Wildman–Crippen MR) is 611 cm³/mol. The lowest BCUT2D eigenvalue weighted by Gasteiger charge is -2.28. The Morgan fingerprint density at radius 3 is 0.159 bits per heavy atom. The summed E-state index contributed by atoms with van der Waals surface area (Å²) >= 11 is 0. The highest BCUT2D eigenvalue weighted by atomic mass is 14.5. The Morgan fingerprint density at radius 2 is 0.109 bits per heavy atom. The first-order valence-corrected chi connectivity index (χ1v) is 52.5. The molecule has 0 amide bonds. The zero-order chi connectivity index (χ0) is 105. The maximum Gasteiger partial charge on any atom is 0.0164 e. The normalized spacial score (nSPS) is 14.9. The van der Waals surface area contributed by atoms with Crippen LogP contribution in [-0.2, 0) is 32.5 Å². The maximum absolute atomic E-state index is 2.42. The van der Waals surface area contributed by atoms with E-state index in [9.17, 15) is 0 Å². The molecule has 0 atom stereocenters. The average Bonchev–Trinajstić information content (AvgIpc) is 1.57. The van der Waals surface area contributed by atoms with Crippen LogP contribution in [0.2, 0.25) is 0 Å². The highest BCUT2D eigenvalue weighted by Crippen LogP contribution is 2.64. The molecular formula is C138H180. The summed E-state index contributed by atoms with van der Waals surface area (Å²) in [7, 11) is 0. The van der Waals surface area contributed by atoms with E-state index in [2.05, 4.69) is 415 Å². The van der Waals surface area contributed by atoms with Gasteiger partial charge in [-0.1, -0.05) is 83.1 Å². The maximum atomic E-state index is 2.42. The standard InChI is InChI=1S/6C23H30/c6*1-11-13(3)17(7)21-19(15(11)5)20-16(6)12(2)14(4)18(8)22(20)23(21,9)10/h6*1-10H3. The fourth-order valence-corrected chi connectivity index (χ4v) is 29.6. The molecule has 0 saturated carbocycles. The van der Waals surface area contributed by atoms with Gasteiger partial charge in [0.25, 0.3) is 0 Å². The van der Waals surface area contributed by atoms with Crippen molar-refractivity contribution in [2.75, 3.05) is 0 Å². The molecule has 0 fully saturated rings. The summed E-state index contributed by atoms with van der Waals surface area (Å²) in [6, 6.07) is 0. The van der Waals surface area contributed by atoms with Crippen molar-refractivity contribution < 1.29 is 0 Å². The smallest absolute Gasteiger partial charge is 0.0164 e. The first-order valence-electron chi connectivity index (χ1n) is 52.5. The Bertz CT molecular complexity index is 5880. The molecule has 0 saturated heterocycles. The second-order valence-electron chi connectivity index (χ2n) is 48.8. The topological polar surface area (TPSA) is 0 Å². The zero-order valence-corrected chi connectivity index (χ0v) is 99.0. The van der Waals surface area contributed by atoms with E-state index in [1.54, 1.807) is 66.8 Å². The molecule has 138 heavy (non-hydrogen) atoms. The lowest BCUT2D eigenvalue weighted by atomic mass is 9.76. The molecule has 0 heteroatoms. The molecule has 0 bridgehead atoms. The average molecular weight is 1840 g/mol. The summed E-state index contributed by atoms with van der Waals surface area (Å²) in [6.45, 7) is 139. The second-order valence-corrected chi connectivity index (χ2v) is 48.8. The minimum absolute atomic E-state index is 0.0886. The van der Waals surface area contributed by atoms with E-state index < -0.39 is 0 Å². The van der Waals surface area contributed by atoms with Gasteiger partial charge in [-0.2, -0.15) is 0 Å². The van der Waals surface area contributed by atoms with Gasteiger partial charge in [-0.05, 0) is 733 Å². The van der Waals surface area contributed by atoms with Crippen LogP contribution in [0, 0.1) is 332 Å². The van der Waals surface area contributed by atoms with E-state index in [0.717, 1.165) is 0 Å². The fourth-order valence-electron chi connectivity index (χ4n) is 29.6. The summed E-state index contributed by atoms with van der Waals surface area (Å²) < 4.78 is 0. The lowest BCUT2D eigenvalue weighted by Crippen LogP contribution is -2.19. The van der Waals surface area contributed by atoms with Gasteiger partial charge in [0.05, 0.1) is 0 Å². The molecule has 6 aliphatic carbocycles. The number of hydrogen-bond donors (Lipinski definition) is 0. The summed E-state index contributed by atoms with van der Waals surface area (Å²) in [6.07, 6.45) is 0. The molecule has 0 nitrogen and oxygen atoms in total. The van der Waals surface area contributed by atoms with Crippen molar-refractivity contribution >= 4 is 0 Å². The van der Waals surface area contributed by atoms with Crippen molar-refractivity contribution in [3.8, 4) is 66.8 Å². The number of fused-ring (bicyclic) bond motifs is 18. The molecule has 0 heterocycles. The highest BCUT2D eigenvalue weighted by Gasteiger charge is 2.49. The van der Waals surface area contributed by atoms with Crippen LogP contribution >= 0.6 is 0 Å². The quantitative estimate of drug-likeness (QED) is 0.142. The van der Waals surface area contributed by atoms with E-state index in [1.807, 2.05) is 0 Å². The van der Waals surface area contributed by atoms with Crippen molar-refractivity contribution in [2.45, 2.75) is 448 Å². The Kier molecular flexibility index (Phi) is 26.7. The van der Waals surface area contributed by atoms with Crippen molar-refractivity contribution in [1.29, 1.82) is 0 Å². The molecule has 0 unspecified atom stereocenters. The minimum Gasteiger partial charge on any atom is -0.0516 e. The Morgan fingerprint density at radius 1 is 0.0652 bits per heavy atom. The van der Waals surface area contributed by atoms with E-state index in [4.69, 9.17) is 0 Å². The molecular weight excluding hydrogens is 1660 g/mol. The van der Waals surface area contributed by atoms with Gasteiger partial charge in [-0.3, -0.25) is 0 Å². The highest BCUT2D eigenvalue weighted by molar-refractivity contribution is 5.97. The fraction of sp³-hybridized carbons (Fsp3) is 0.478. The second kappa shape index (κ2) is 34.8. The van der Waals surface area contributed by atoms with Crippen molar-refractivity contribution in [3.63, 3.8) is 0 Å². The third-order valence-electron chi connectivity index (χ3n) is 41.2.